The molecule has 5 aliphatic rings. The average molecular weight is 925 g/mol. The van der Waals surface area contributed by atoms with Crippen LogP contribution in [-0.2, 0) is 10.8 Å². The van der Waals surface area contributed by atoms with Crippen LogP contribution in [0.25, 0.3) is 83.9 Å². The molecular formula is C68H52N4. The molecule has 4 saturated carbocycles. The van der Waals surface area contributed by atoms with Crippen LogP contribution < -0.4 is 0 Å². The summed E-state index contributed by atoms with van der Waals surface area (Å²) < 4.78 is 2.40. The standard InChI is InChI=1S/C68H52N4/c1-4-15-47(16-5-1)49-17-14-22-55(38-49)72-62-26-13-11-24-57(62)58-33-29-51(40-63(58)72)66-70-64(48-27-31-52(32-28-48)67-41-44-35-45(42-67)37-46(36-44)43-67)69-65(71-66)50-30-34-61-59(39-50)56-23-10-12-25-60(56)68(61,53-18-6-2-7-19-53)54-20-8-3-9-21-54/h1-34,38-40,44-46H,35-37,41-43H2. The van der Waals surface area contributed by atoms with E-state index in [0.717, 1.165) is 51.2 Å². The molecule has 0 radical (unpaired) electrons. The van der Waals surface area contributed by atoms with Crippen LogP contribution in [0.5, 0.6) is 0 Å². The molecule has 16 rings (SSSR count). The molecule has 4 heteroatoms. The molecule has 4 nitrogen and oxygen atoms in total. The molecule has 0 unspecified atom stereocenters. The van der Waals surface area contributed by atoms with Crippen molar-refractivity contribution in [3.05, 3.63) is 252 Å². The Labute approximate surface area is 420 Å². The molecule has 0 atom stereocenters. The molecule has 0 amide bonds. The van der Waals surface area contributed by atoms with Crippen LogP contribution in [0.15, 0.2) is 224 Å². The zero-order valence-electron chi connectivity index (χ0n) is 40.1. The van der Waals surface area contributed by atoms with Gasteiger partial charge in [0.2, 0.25) is 0 Å². The van der Waals surface area contributed by atoms with Gasteiger partial charge in [-0.2, -0.15) is 0 Å². The van der Waals surface area contributed by atoms with Gasteiger partial charge in [-0.1, -0.05) is 194 Å². The predicted octanol–water partition coefficient (Wildman–Crippen LogP) is 16.5. The second-order valence-corrected chi connectivity index (χ2v) is 21.4. The average Bonchev–Trinajstić information content (AvgIpc) is 3.93. The van der Waals surface area contributed by atoms with Gasteiger partial charge >= 0.3 is 0 Å². The van der Waals surface area contributed by atoms with Crippen LogP contribution in [0.3, 0.4) is 0 Å². The van der Waals surface area contributed by atoms with E-state index in [-0.39, 0.29) is 0 Å². The van der Waals surface area contributed by atoms with Crippen molar-refractivity contribution in [1.82, 2.24) is 19.5 Å². The highest BCUT2D eigenvalue weighted by atomic mass is 15.0. The molecule has 0 aliphatic heterocycles. The molecule has 2 aromatic heterocycles. The molecule has 344 valence electrons. The van der Waals surface area contributed by atoms with Crippen molar-refractivity contribution in [2.45, 2.75) is 49.4 Å². The lowest BCUT2D eigenvalue weighted by Crippen LogP contribution is -2.48. The molecule has 2 heterocycles. The van der Waals surface area contributed by atoms with Crippen molar-refractivity contribution in [2.24, 2.45) is 17.8 Å². The van der Waals surface area contributed by atoms with Crippen molar-refractivity contribution in [3.8, 4) is 62.1 Å². The van der Waals surface area contributed by atoms with Gasteiger partial charge in [0.1, 0.15) is 0 Å². The summed E-state index contributed by atoms with van der Waals surface area (Å²) in [5, 5.41) is 2.40. The number of para-hydroxylation sites is 1. The van der Waals surface area contributed by atoms with Gasteiger partial charge in [-0.15, -0.1) is 0 Å². The third-order valence-corrected chi connectivity index (χ3v) is 17.3. The quantitative estimate of drug-likeness (QED) is 0.152. The van der Waals surface area contributed by atoms with Crippen LogP contribution >= 0.6 is 0 Å². The molecule has 0 saturated heterocycles. The number of benzene rings is 9. The van der Waals surface area contributed by atoms with Crippen molar-refractivity contribution in [3.63, 3.8) is 0 Å². The van der Waals surface area contributed by atoms with E-state index in [0.29, 0.717) is 22.9 Å². The number of aromatic nitrogens is 4. The Bertz CT molecular complexity index is 3820. The van der Waals surface area contributed by atoms with Crippen LogP contribution in [0, 0.1) is 17.8 Å². The van der Waals surface area contributed by atoms with Gasteiger partial charge in [-0.3, -0.25) is 0 Å². The van der Waals surface area contributed by atoms with Crippen molar-refractivity contribution in [1.29, 1.82) is 0 Å². The lowest BCUT2D eigenvalue weighted by Gasteiger charge is -2.57. The van der Waals surface area contributed by atoms with Crippen molar-refractivity contribution < 1.29 is 0 Å². The maximum Gasteiger partial charge on any atom is 0.164 e. The highest BCUT2D eigenvalue weighted by molar-refractivity contribution is 6.10. The smallest absolute Gasteiger partial charge is 0.164 e. The fourth-order valence-corrected chi connectivity index (χ4v) is 14.6. The Morgan fingerprint density at radius 2 is 0.875 bits per heavy atom. The Balaban J connectivity index is 0.911. The summed E-state index contributed by atoms with van der Waals surface area (Å²) in [7, 11) is 0. The minimum Gasteiger partial charge on any atom is -0.309 e. The van der Waals surface area contributed by atoms with Gasteiger partial charge in [0.15, 0.2) is 17.5 Å². The minimum absolute atomic E-state index is 0.312. The monoisotopic (exact) mass is 924 g/mol. The first-order chi connectivity index (χ1) is 35.6. The summed E-state index contributed by atoms with van der Waals surface area (Å²) in [4.78, 5) is 16.3. The number of hydrogen-bond donors (Lipinski definition) is 0. The van der Waals surface area contributed by atoms with Gasteiger partial charge in [0, 0.05) is 33.2 Å². The summed E-state index contributed by atoms with van der Waals surface area (Å²) in [6.07, 6.45) is 8.33. The molecule has 5 aliphatic carbocycles. The molecular weight excluding hydrogens is 873 g/mol. The van der Waals surface area contributed by atoms with E-state index < -0.39 is 5.41 Å². The van der Waals surface area contributed by atoms with E-state index >= 15 is 0 Å². The molecule has 4 bridgehead atoms. The number of hydrogen-bond acceptors (Lipinski definition) is 3. The van der Waals surface area contributed by atoms with Crippen molar-refractivity contribution in [2.75, 3.05) is 0 Å². The summed E-state index contributed by atoms with van der Waals surface area (Å²) in [5.41, 5.74) is 17.4. The largest absolute Gasteiger partial charge is 0.309 e. The molecule has 72 heavy (non-hydrogen) atoms. The lowest BCUT2D eigenvalue weighted by molar-refractivity contribution is -0.00518. The topological polar surface area (TPSA) is 43.6 Å². The van der Waals surface area contributed by atoms with Crippen LogP contribution in [0.1, 0.15) is 66.3 Å². The van der Waals surface area contributed by atoms with E-state index in [2.05, 4.69) is 229 Å². The predicted molar refractivity (Wildman–Crippen MR) is 293 cm³/mol. The normalized spacial score (nSPS) is 20.2. The highest BCUT2D eigenvalue weighted by Crippen LogP contribution is 2.61. The van der Waals surface area contributed by atoms with E-state index in [1.54, 1.807) is 0 Å². The fraction of sp³-hybridized carbons (Fsp3) is 0.162. The zero-order valence-corrected chi connectivity index (χ0v) is 40.1. The van der Waals surface area contributed by atoms with Gasteiger partial charge in [0.05, 0.1) is 16.4 Å². The van der Waals surface area contributed by atoms with Crippen molar-refractivity contribution >= 4 is 21.8 Å². The second-order valence-electron chi connectivity index (χ2n) is 21.4. The van der Waals surface area contributed by atoms with Crippen LogP contribution in [-0.4, -0.2) is 19.5 Å². The zero-order chi connectivity index (χ0) is 47.4. The first-order valence-electron chi connectivity index (χ1n) is 26.0. The molecule has 4 fully saturated rings. The van der Waals surface area contributed by atoms with E-state index in [9.17, 15) is 0 Å². The summed E-state index contributed by atoms with van der Waals surface area (Å²) in [6, 6.07) is 82.3. The molecule has 0 N–H and O–H groups in total. The van der Waals surface area contributed by atoms with Crippen LogP contribution in [0.4, 0.5) is 0 Å². The Hall–Kier alpha value is -8.21. The summed E-state index contributed by atoms with van der Waals surface area (Å²) in [6.45, 7) is 0. The number of fused-ring (bicyclic) bond motifs is 6. The fourth-order valence-electron chi connectivity index (χ4n) is 14.6. The van der Waals surface area contributed by atoms with E-state index in [1.165, 1.54) is 99.4 Å². The first kappa shape index (κ1) is 41.6. The summed E-state index contributed by atoms with van der Waals surface area (Å²) in [5.74, 6) is 4.66. The molecule has 9 aromatic carbocycles. The lowest BCUT2D eigenvalue weighted by atomic mass is 9.48. The SMILES string of the molecule is c1ccc(-c2cccc(-n3c4ccccc4c4ccc(-c5nc(-c6ccc(C78CC9CC(CC(C9)C7)C8)cc6)nc(-c6ccc7c(c6)-c6ccccc6C7(c6ccccc6)c6ccccc6)n5)cc43)c2)cc1. The Morgan fingerprint density at radius 3 is 1.57 bits per heavy atom. The second kappa shape index (κ2) is 16.2. The Morgan fingerprint density at radius 1 is 0.347 bits per heavy atom. The van der Waals surface area contributed by atoms with E-state index in [1.807, 2.05) is 0 Å². The van der Waals surface area contributed by atoms with Gasteiger partial charge in [0.25, 0.3) is 0 Å². The highest BCUT2D eigenvalue weighted by Gasteiger charge is 2.51. The molecule has 11 aromatic rings. The molecule has 0 spiro atoms. The summed E-state index contributed by atoms with van der Waals surface area (Å²) >= 11 is 0. The third-order valence-electron chi connectivity index (χ3n) is 17.3. The van der Waals surface area contributed by atoms with E-state index in [4.69, 9.17) is 15.0 Å². The maximum atomic E-state index is 5.46. The third kappa shape index (κ3) is 6.41. The maximum absolute atomic E-state index is 5.46. The van der Waals surface area contributed by atoms with Crippen LogP contribution in [0.2, 0.25) is 0 Å². The Kier molecular flexibility index (Phi) is 9.33. The number of nitrogens with zero attached hydrogens (tertiary/aromatic N) is 4. The van der Waals surface area contributed by atoms with Gasteiger partial charge in [-0.25, -0.2) is 15.0 Å². The first-order valence-corrected chi connectivity index (χ1v) is 26.0. The number of rotatable bonds is 8. The van der Waals surface area contributed by atoms with Gasteiger partial charge in [-0.05, 0) is 142 Å². The van der Waals surface area contributed by atoms with Gasteiger partial charge < -0.3 is 4.57 Å². The minimum atomic E-state index is -0.491.